The molecular weight excluding hydrogens is 386 g/mol. The molecule has 0 aliphatic rings. The standard InChI is InChI=1S/C23H22BrNO/c1-16-3-7-19(8-4-16)23(26)15-22(18-9-11-20(24)12-10-18)25-21-13-5-17(2)6-14-21/h3-14,22,25H,15H2,1-2H3/t22-/m1/s1. The Morgan fingerprint density at radius 3 is 1.96 bits per heavy atom. The lowest BCUT2D eigenvalue weighted by Crippen LogP contribution is -2.16. The monoisotopic (exact) mass is 407 g/mol. The van der Waals surface area contributed by atoms with Gasteiger partial charge in [0.1, 0.15) is 0 Å². The Labute approximate surface area is 163 Å². The molecule has 1 atom stereocenters. The third kappa shape index (κ3) is 4.83. The maximum Gasteiger partial charge on any atom is 0.165 e. The first-order valence-electron chi connectivity index (χ1n) is 8.70. The van der Waals surface area contributed by atoms with Gasteiger partial charge in [0.15, 0.2) is 5.78 Å². The van der Waals surface area contributed by atoms with Gasteiger partial charge in [-0.25, -0.2) is 0 Å². The Hall–Kier alpha value is -2.39. The van der Waals surface area contributed by atoms with E-state index in [1.54, 1.807) is 0 Å². The Balaban J connectivity index is 1.84. The number of carbonyl (C=O) groups excluding carboxylic acids is 1. The number of anilines is 1. The number of nitrogens with one attached hydrogen (secondary N) is 1. The van der Waals surface area contributed by atoms with E-state index in [-0.39, 0.29) is 11.8 Å². The molecule has 0 bridgehead atoms. The first-order chi connectivity index (χ1) is 12.5. The third-order valence-electron chi connectivity index (χ3n) is 4.43. The fraction of sp³-hybridized carbons (Fsp3) is 0.174. The highest BCUT2D eigenvalue weighted by molar-refractivity contribution is 9.10. The fourth-order valence-corrected chi connectivity index (χ4v) is 3.11. The summed E-state index contributed by atoms with van der Waals surface area (Å²) < 4.78 is 1.03. The minimum atomic E-state index is -0.0837. The smallest absolute Gasteiger partial charge is 0.165 e. The average molecular weight is 408 g/mol. The molecule has 1 N–H and O–H groups in total. The molecule has 26 heavy (non-hydrogen) atoms. The van der Waals surface area contributed by atoms with Crippen molar-refractivity contribution in [2.24, 2.45) is 0 Å². The molecule has 0 aliphatic carbocycles. The van der Waals surface area contributed by atoms with Crippen molar-refractivity contribution >= 4 is 27.4 Å². The van der Waals surface area contributed by atoms with Gasteiger partial charge in [-0.15, -0.1) is 0 Å². The maximum atomic E-state index is 12.8. The van der Waals surface area contributed by atoms with Crippen molar-refractivity contribution < 1.29 is 4.79 Å². The van der Waals surface area contributed by atoms with Crippen LogP contribution in [-0.2, 0) is 0 Å². The molecule has 0 aliphatic heterocycles. The summed E-state index contributed by atoms with van der Waals surface area (Å²) in [5.74, 6) is 0.137. The van der Waals surface area contributed by atoms with Crippen LogP contribution in [0.15, 0.2) is 77.3 Å². The summed E-state index contributed by atoms with van der Waals surface area (Å²) in [6, 6.07) is 24.1. The number of carbonyl (C=O) groups is 1. The molecular formula is C23H22BrNO. The second-order valence-electron chi connectivity index (χ2n) is 6.61. The van der Waals surface area contributed by atoms with E-state index in [0.717, 1.165) is 26.9 Å². The molecule has 0 fully saturated rings. The highest BCUT2D eigenvalue weighted by Crippen LogP contribution is 2.26. The Morgan fingerprint density at radius 2 is 1.38 bits per heavy atom. The summed E-state index contributed by atoms with van der Waals surface area (Å²) in [6.45, 7) is 4.09. The number of ketones is 1. The first-order valence-corrected chi connectivity index (χ1v) is 9.49. The minimum Gasteiger partial charge on any atom is -0.378 e. The van der Waals surface area contributed by atoms with Crippen LogP contribution in [-0.4, -0.2) is 5.78 Å². The Kier molecular flexibility index (Phi) is 5.89. The summed E-state index contributed by atoms with van der Waals surface area (Å²) in [7, 11) is 0. The van der Waals surface area contributed by atoms with Crippen LogP contribution in [0.1, 0.15) is 39.5 Å². The van der Waals surface area contributed by atoms with Crippen LogP contribution < -0.4 is 5.32 Å². The van der Waals surface area contributed by atoms with Gasteiger partial charge in [-0.3, -0.25) is 4.79 Å². The molecule has 0 aromatic heterocycles. The molecule has 3 aromatic carbocycles. The van der Waals surface area contributed by atoms with Crippen LogP contribution in [0.3, 0.4) is 0 Å². The lowest BCUT2D eigenvalue weighted by molar-refractivity contribution is 0.0976. The zero-order valence-corrected chi connectivity index (χ0v) is 16.6. The number of benzene rings is 3. The van der Waals surface area contributed by atoms with Crippen molar-refractivity contribution in [1.29, 1.82) is 0 Å². The quantitative estimate of drug-likeness (QED) is 0.472. The van der Waals surface area contributed by atoms with Gasteiger partial charge in [-0.05, 0) is 43.7 Å². The van der Waals surface area contributed by atoms with Gasteiger partial charge in [0.25, 0.3) is 0 Å². The van der Waals surface area contributed by atoms with E-state index in [0.29, 0.717) is 6.42 Å². The molecule has 0 saturated heterocycles. The Bertz CT molecular complexity index is 868. The van der Waals surface area contributed by atoms with Gasteiger partial charge >= 0.3 is 0 Å². The third-order valence-corrected chi connectivity index (χ3v) is 4.96. The number of hydrogen-bond acceptors (Lipinski definition) is 2. The molecule has 0 heterocycles. The van der Waals surface area contributed by atoms with Gasteiger partial charge in [0.05, 0.1) is 6.04 Å². The number of Topliss-reactive ketones (excluding diaryl/α,β-unsaturated/α-hetero) is 1. The molecule has 0 saturated carbocycles. The average Bonchev–Trinajstić information content (AvgIpc) is 2.64. The normalized spacial score (nSPS) is 11.8. The lowest BCUT2D eigenvalue weighted by atomic mass is 9.97. The van der Waals surface area contributed by atoms with Gasteiger partial charge in [-0.1, -0.05) is 75.6 Å². The fourth-order valence-electron chi connectivity index (χ4n) is 2.84. The van der Waals surface area contributed by atoms with Gasteiger partial charge in [-0.2, -0.15) is 0 Å². The predicted octanol–water partition coefficient (Wildman–Crippen LogP) is 6.49. The van der Waals surface area contributed by atoms with Crippen LogP contribution in [0.25, 0.3) is 0 Å². The van der Waals surface area contributed by atoms with Crippen molar-refractivity contribution in [1.82, 2.24) is 0 Å². The summed E-state index contributed by atoms with van der Waals surface area (Å²) in [5.41, 5.74) is 5.23. The molecule has 0 amide bonds. The predicted molar refractivity (Wildman–Crippen MR) is 112 cm³/mol. The molecule has 3 rings (SSSR count). The summed E-state index contributed by atoms with van der Waals surface area (Å²) in [6.07, 6.45) is 0.401. The van der Waals surface area contributed by atoms with E-state index in [2.05, 4.69) is 64.6 Å². The minimum absolute atomic E-state index is 0.0837. The number of hydrogen-bond donors (Lipinski definition) is 1. The van der Waals surface area contributed by atoms with Crippen LogP contribution in [0.2, 0.25) is 0 Å². The van der Waals surface area contributed by atoms with Crippen LogP contribution >= 0.6 is 15.9 Å². The molecule has 2 nitrogen and oxygen atoms in total. The second-order valence-corrected chi connectivity index (χ2v) is 7.52. The number of halogens is 1. The molecule has 0 unspecified atom stereocenters. The highest BCUT2D eigenvalue weighted by atomic mass is 79.9. The molecule has 3 aromatic rings. The van der Waals surface area contributed by atoms with Gasteiger partial charge < -0.3 is 5.32 Å². The van der Waals surface area contributed by atoms with Crippen LogP contribution in [0, 0.1) is 13.8 Å². The van der Waals surface area contributed by atoms with E-state index >= 15 is 0 Å². The van der Waals surface area contributed by atoms with E-state index in [4.69, 9.17) is 0 Å². The zero-order valence-electron chi connectivity index (χ0n) is 15.0. The summed E-state index contributed by atoms with van der Waals surface area (Å²) >= 11 is 3.48. The van der Waals surface area contributed by atoms with Crippen molar-refractivity contribution in [2.75, 3.05) is 5.32 Å². The van der Waals surface area contributed by atoms with E-state index in [1.807, 2.05) is 43.3 Å². The molecule has 3 heteroatoms. The van der Waals surface area contributed by atoms with Crippen molar-refractivity contribution in [3.8, 4) is 0 Å². The van der Waals surface area contributed by atoms with Gasteiger partial charge in [0.2, 0.25) is 0 Å². The van der Waals surface area contributed by atoms with E-state index in [9.17, 15) is 4.79 Å². The molecule has 132 valence electrons. The summed E-state index contributed by atoms with van der Waals surface area (Å²) in [4.78, 5) is 12.8. The van der Waals surface area contributed by atoms with Crippen molar-refractivity contribution in [2.45, 2.75) is 26.3 Å². The van der Waals surface area contributed by atoms with Gasteiger partial charge in [0, 0.05) is 22.1 Å². The largest absolute Gasteiger partial charge is 0.378 e. The lowest BCUT2D eigenvalue weighted by Gasteiger charge is -2.20. The topological polar surface area (TPSA) is 29.1 Å². The first kappa shape index (κ1) is 18.4. The molecule has 0 spiro atoms. The Morgan fingerprint density at radius 1 is 0.846 bits per heavy atom. The van der Waals surface area contributed by atoms with Crippen molar-refractivity contribution in [3.05, 3.63) is 99.5 Å². The van der Waals surface area contributed by atoms with E-state index < -0.39 is 0 Å². The van der Waals surface area contributed by atoms with Crippen LogP contribution in [0.5, 0.6) is 0 Å². The van der Waals surface area contributed by atoms with Crippen molar-refractivity contribution in [3.63, 3.8) is 0 Å². The maximum absolute atomic E-state index is 12.8. The second kappa shape index (κ2) is 8.33. The zero-order chi connectivity index (χ0) is 18.5. The number of aryl methyl sites for hydroxylation is 2. The summed E-state index contributed by atoms with van der Waals surface area (Å²) in [5, 5.41) is 3.52. The SMILES string of the molecule is Cc1ccc(N[C@H](CC(=O)c2ccc(C)cc2)c2ccc(Br)cc2)cc1. The molecule has 0 radical (unpaired) electrons. The highest BCUT2D eigenvalue weighted by Gasteiger charge is 2.17. The number of rotatable bonds is 6. The van der Waals surface area contributed by atoms with E-state index in [1.165, 1.54) is 5.56 Å². The van der Waals surface area contributed by atoms with Crippen LogP contribution in [0.4, 0.5) is 5.69 Å².